The van der Waals surface area contributed by atoms with Gasteiger partial charge in [0.25, 0.3) is 0 Å². The molecule has 0 radical (unpaired) electrons. The van der Waals surface area contributed by atoms with E-state index in [-0.39, 0.29) is 23.5 Å². The van der Waals surface area contributed by atoms with Crippen LogP contribution in [0.1, 0.15) is 33.6 Å². The molecule has 1 aromatic carbocycles. The van der Waals surface area contributed by atoms with E-state index in [1.54, 1.807) is 25.3 Å². The van der Waals surface area contributed by atoms with E-state index in [9.17, 15) is 14.7 Å². The number of benzene rings is 1. The molecule has 1 aliphatic heterocycles. The Bertz CT molecular complexity index is 918. The van der Waals surface area contributed by atoms with Crippen LogP contribution in [-0.2, 0) is 0 Å². The van der Waals surface area contributed by atoms with E-state index < -0.39 is 6.09 Å². The van der Waals surface area contributed by atoms with Gasteiger partial charge in [0, 0.05) is 37.4 Å². The Kier molecular flexibility index (Phi) is 6.05. The number of rotatable bonds is 3. The molecular formula is C22H30N4O4. The zero-order valence-electron chi connectivity index (χ0n) is 18.2. The molecule has 30 heavy (non-hydrogen) atoms. The summed E-state index contributed by atoms with van der Waals surface area (Å²) in [7, 11) is 3.38. The molecular weight excluding hydrogens is 384 g/mol. The minimum Gasteiger partial charge on any atom is -0.497 e. The van der Waals surface area contributed by atoms with E-state index in [0.29, 0.717) is 25.1 Å². The second kappa shape index (κ2) is 8.38. The summed E-state index contributed by atoms with van der Waals surface area (Å²) >= 11 is 0. The van der Waals surface area contributed by atoms with Crippen molar-refractivity contribution in [1.82, 2.24) is 19.4 Å². The first-order chi connectivity index (χ1) is 14.1. The summed E-state index contributed by atoms with van der Waals surface area (Å²) in [6, 6.07) is 7.14. The van der Waals surface area contributed by atoms with Gasteiger partial charge < -0.3 is 19.6 Å². The van der Waals surface area contributed by atoms with Crippen molar-refractivity contribution < 1.29 is 19.4 Å². The first-order valence-corrected chi connectivity index (χ1v) is 10.1. The van der Waals surface area contributed by atoms with Gasteiger partial charge in [-0.2, -0.15) is 0 Å². The lowest BCUT2D eigenvalue weighted by atomic mass is 9.79. The lowest BCUT2D eigenvalue weighted by Gasteiger charge is -2.46. The number of carboxylic acid groups (broad SMARTS) is 1. The van der Waals surface area contributed by atoms with Crippen molar-refractivity contribution in [1.29, 1.82) is 0 Å². The number of likely N-dealkylation sites (tertiary alicyclic amines) is 1. The van der Waals surface area contributed by atoms with E-state index in [1.807, 2.05) is 45.0 Å². The van der Waals surface area contributed by atoms with Crippen molar-refractivity contribution in [3.63, 3.8) is 0 Å². The van der Waals surface area contributed by atoms with Crippen molar-refractivity contribution in [2.24, 2.45) is 5.41 Å². The first-order valence-electron chi connectivity index (χ1n) is 10.1. The molecule has 2 unspecified atom stereocenters. The number of carbonyl (C=O) groups excluding carboxylic acids is 1. The Morgan fingerprint density at radius 2 is 2.03 bits per heavy atom. The smallest absolute Gasteiger partial charge is 0.407 e. The number of hydrogen-bond donors (Lipinski definition) is 1. The van der Waals surface area contributed by atoms with Crippen molar-refractivity contribution >= 4 is 12.1 Å². The number of nitrogens with zero attached hydrogens (tertiary/aromatic N) is 4. The fourth-order valence-electron chi connectivity index (χ4n) is 4.05. The largest absolute Gasteiger partial charge is 0.497 e. The maximum absolute atomic E-state index is 13.1. The van der Waals surface area contributed by atoms with Crippen molar-refractivity contribution in [2.75, 3.05) is 20.7 Å². The fourth-order valence-corrected chi connectivity index (χ4v) is 4.05. The summed E-state index contributed by atoms with van der Waals surface area (Å²) in [5, 5.41) is 9.56. The normalized spacial score (nSPS) is 19.4. The Balaban J connectivity index is 1.76. The van der Waals surface area contributed by atoms with Crippen LogP contribution < -0.4 is 4.74 Å². The molecule has 0 aliphatic carbocycles. The molecule has 1 N–H and O–H groups in total. The zero-order valence-corrected chi connectivity index (χ0v) is 18.2. The maximum atomic E-state index is 13.1. The lowest BCUT2D eigenvalue weighted by molar-refractivity contribution is 0.0330. The summed E-state index contributed by atoms with van der Waals surface area (Å²) in [6.45, 7) is 6.52. The Labute approximate surface area is 177 Å². The highest BCUT2D eigenvalue weighted by atomic mass is 16.5. The van der Waals surface area contributed by atoms with Gasteiger partial charge in [0.05, 0.1) is 12.8 Å². The fraction of sp³-hybridized carbons (Fsp3) is 0.500. The highest BCUT2D eigenvalue weighted by Gasteiger charge is 2.40. The van der Waals surface area contributed by atoms with Gasteiger partial charge in [-0.15, -0.1) is 0 Å². The summed E-state index contributed by atoms with van der Waals surface area (Å²) < 4.78 is 6.73. The van der Waals surface area contributed by atoms with E-state index >= 15 is 0 Å². The van der Waals surface area contributed by atoms with E-state index in [4.69, 9.17) is 4.74 Å². The average molecular weight is 415 g/mol. The van der Waals surface area contributed by atoms with Gasteiger partial charge in [0.1, 0.15) is 12.1 Å². The third-order valence-electron chi connectivity index (χ3n) is 5.84. The lowest BCUT2D eigenvalue weighted by Crippen LogP contribution is -2.56. The van der Waals surface area contributed by atoms with Gasteiger partial charge in [-0.25, -0.2) is 14.6 Å². The van der Waals surface area contributed by atoms with Crippen LogP contribution in [0, 0.1) is 5.41 Å². The molecule has 2 atom stereocenters. The number of amides is 2. The van der Waals surface area contributed by atoms with Crippen LogP contribution in [0.2, 0.25) is 0 Å². The topological polar surface area (TPSA) is 87.9 Å². The second-order valence-corrected chi connectivity index (χ2v) is 8.83. The Morgan fingerprint density at radius 1 is 1.30 bits per heavy atom. The van der Waals surface area contributed by atoms with Crippen LogP contribution in [0.3, 0.4) is 0 Å². The van der Waals surface area contributed by atoms with Crippen LogP contribution >= 0.6 is 0 Å². The van der Waals surface area contributed by atoms with E-state index in [0.717, 1.165) is 11.3 Å². The average Bonchev–Trinajstić information content (AvgIpc) is 3.22. The molecule has 2 amide bonds. The molecule has 8 heteroatoms. The van der Waals surface area contributed by atoms with Crippen molar-refractivity contribution in [3.05, 3.63) is 36.8 Å². The molecule has 3 rings (SSSR count). The quantitative estimate of drug-likeness (QED) is 0.820. The molecule has 8 nitrogen and oxygen atoms in total. The molecule has 0 saturated carbocycles. The number of imidazole rings is 1. The van der Waals surface area contributed by atoms with Crippen LogP contribution in [0.15, 0.2) is 36.8 Å². The number of carbonyl (C=O) groups is 2. The molecule has 2 aromatic rings. The second-order valence-electron chi connectivity index (χ2n) is 8.83. The minimum atomic E-state index is -0.903. The predicted molar refractivity (Wildman–Crippen MR) is 114 cm³/mol. The summed E-state index contributed by atoms with van der Waals surface area (Å²) in [4.78, 5) is 32.3. The molecule has 0 spiro atoms. The van der Waals surface area contributed by atoms with Gasteiger partial charge in [0.2, 0.25) is 0 Å². The molecule has 2 heterocycles. The molecule has 0 bridgehead atoms. The van der Waals surface area contributed by atoms with Gasteiger partial charge in [0.15, 0.2) is 0 Å². The van der Waals surface area contributed by atoms with Crippen LogP contribution in [0.25, 0.3) is 11.3 Å². The zero-order chi connectivity index (χ0) is 22.1. The van der Waals surface area contributed by atoms with Crippen LogP contribution in [-0.4, -0.2) is 69.4 Å². The number of aromatic nitrogens is 2. The summed E-state index contributed by atoms with van der Waals surface area (Å²) in [5.41, 5.74) is 1.34. The Morgan fingerprint density at radius 3 is 2.67 bits per heavy atom. The third kappa shape index (κ3) is 4.42. The monoisotopic (exact) mass is 414 g/mol. The van der Waals surface area contributed by atoms with Gasteiger partial charge in [-0.05, 0) is 30.4 Å². The Hall–Kier alpha value is -3.03. The number of piperidine rings is 1. The number of ether oxygens (including phenoxy) is 1. The standard InChI is InChI=1S/C22H30N4O4/c1-22(2,3)19-12-16(9-10-26(19)21(28)29)24(4)20(27)25-13-18(23-14-25)15-7-6-8-17(11-15)30-5/h6-8,11,13-14,16,19H,9-10,12H2,1-5H3,(H,28,29). The predicted octanol–water partition coefficient (Wildman–Crippen LogP) is 4.02. The van der Waals surface area contributed by atoms with Crippen LogP contribution in [0.4, 0.5) is 9.59 Å². The molecule has 1 aromatic heterocycles. The number of hydrogen-bond acceptors (Lipinski definition) is 4. The maximum Gasteiger partial charge on any atom is 0.407 e. The first kappa shape index (κ1) is 21.7. The number of methoxy groups -OCH3 is 1. The highest BCUT2D eigenvalue weighted by molar-refractivity contribution is 5.78. The van der Waals surface area contributed by atoms with Gasteiger partial charge in [-0.3, -0.25) is 4.57 Å². The van der Waals surface area contributed by atoms with Crippen LogP contribution in [0.5, 0.6) is 5.75 Å². The summed E-state index contributed by atoms with van der Waals surface area (Å²) in [6.07, 6.45) is 3.54. The van der Waals surface area contributed by atoms with E-state index in [1.165, 1.54) is 15.8 Å². The highest BCUT2D eigenvalue weighted by Crippen LogP contribution is 2.34. The SMILES string of the molecule is COc1cccc(-c2cn(C(=O)N(C)C3CCN(C(=O)O)C(C(C)(C)C)C3)cn2)c1. The molecule has 1 saturated heterocycles. The van der Waals surface area contributed by atoms with Gasteiger partial charge >= 0.3 is 12.1 Å². The third-order valence-corrected chi connectivity index (χ3v) is 5.84. The minimum absolute atomic E-state index is 0.0417. The van der Waals surface area contributed by atoms with E-state index in [2.05, 4.69) is 4.98 Å². The molecule has 1 fully saturated rings. The van der Waals surface area contributed by atoms with Gasteiger partial charge in [-0.1, -0.05) is 32.9 Å². The summed E-state index contributed by atoms with van der Waals surface area (Å²) in [5.74, 6) is 0.726. The van der Waals surface area contributed by atoms with Crippen molar-refractivity contribution in [3.8, 4) is 17.0 Å². The van der Waals surface area contributed by atoms with Crippen molar-refractivity contribution in [2.45, 2.75) is 45.7 Å². The molecule has 1 aliphatic rings. The molecule has 162 valence electrons.